The van der Waals surface area contributed by atoms with Crippen LogP contribution in [0.5, 0.6) is 0 Å². The average molecular weight is 399 g/mol. The van der Waals surface area contributed by atoms with Gasteiger partial charge < -0.3 is 4.90 Å². The molecule has 0 saturated carbocycles. The molecule has 4 heteroatoms. The van der Waals surface area contributed by atoms with Crippen LogP contribution in [0.4, 0.5) is 0 Å². The summed E-state index contributed by atoms with van der Waals surface area (Å²) < 4.78 is 0. The van der Waals surface area contributed by atoms with Gasteiger partial charge in [-0.1, -0.05) is 78.9 Å². The minimum atomic E-state index is 0.121. The number of pyridine rings is 1. The lowest BCUT2D eigenvalue weighted by atomic mass is 10.1. The predicted molar refractivity (Wildman–Crippen MR) is 120 cm³/mol. The third-order valence-electron chi connectivity index (χ3n) is 4.73. The van der Waals surface area contributed by atoms with Gasteiger partial charge in [0.1, 0.15) is 0 Å². The first-order valence-corrected chi connectivity index (χ1v) is 10.6. The topological polar surface area (TPSA) is 33.2 Å². The number of hydrogen-bond donors (Lipinski definition) is 0. The molecule has 0 spiro atoms. The molecule has 0 N–H and O–H groups in total. The van der Waals surface area contributed by atoms with E-state index in [-0.39, 0.29) is 5.91 Å². The molecule has 1 aromatic heterocycles. The molecule has 0 saturated heterocycles. The lowest BCUT2D eigenvalue weighted by molar-refractivity contribution is -0.129. The zero-order chi connectivity index (χ0) is 19.9. The van der Waals surface area contributed by atoms with E-state index in [4.69, 9.17) is 0 Å². The minimum Gasteiger partial charge on any atom is -0.333 e. The number of amides is 1. The largest absolute Gasteiger partial charge is 0.333 e. The van der Waals surface area contributed by atoms with Crippen LogP contribution in [0.3, 0.4) is 0 Å². The Hall–Kier alpha value is -3.11. The molecule has 0 radical (unpaired) electrons. The van der Waals surface area contributed by atoms with Gasteiger partial charge in [0, 0.05) is 29.6 Å². The molecule has 0 atom stereocenters. The average Bonchev–Trinajstić information content (AvgIpc) is 2.78. The van der Waals surface area contributed by atoms with E-state index in [1.807, 2.05) is 71.6 Å². The predicted octanol–water partition coefficient (Wildman–Crippen LogP) is 5.56. The zero-order valence-corrected chi connectivity index (χ0v) is 16.9. The van der Waals surface area contributed by atoms with E-state index in [1.165, 1.54) is 0 Å². The first-order chi connectivity index (χ1) is 14.3. The number of thioether (sulfide) groups is 1. The van der Waals surface area contributed by atoms with Gasteiger partial charge in [-0.25, -0.2) is 0 Å². The Morgan fingerprint density at radius 2 is 1.38 bits per heavy atom. The molecule has 4 rings (SSSR count). The number of carbonyl (C=O) groups excluding carboxylic acids is 1. The summed E-state index contributed by atoms with van der Waals surface area (Å²) in [5, 5.41) is 1.09. The summed E-state index contributed by atoms with van der Waals surface area (Å²) >= 11 is 1.55. The number of para-hydroxylation sites is 1. The summed E-state index contributed by atoms with van der Waals surface area (Å²) in [6.07, 6.45) is 1.80. The lowest BCUT2D eigenvalue weighted by Gasteiger charge is -2.23. The number of benzene rings is 3. The van der Waals surface area contributed by atoms with Crippen LogP contribution in [0, 0.1) is 0 Å². The van der Waals surface area contributed by atoms with Crippen molar-refractivity contribution in [3.63, 3.8) is 0 Å². The minimum absolute atomic E-state index is 0.121. The fourth-order valence-corrected chi connectivity index (χ4v) is 4.21. The smallest absolute Gasteiger partial charge is 0.233 e. The van der Waals surface area contributed by atoms with E-state index in [1.54, 1.807) is 18.0 Å². The standard InChI is InChI=1S/C25H22N2OS/c28-24(19-29-23-15-7-13-22-14-8-16-26-25(22)23)27(17-20-9-3-1-4-10-20)18-21-11-5-2-6-12-21/h1-16H,17-19H2. The summed E-state index contributed by atoms with van der Waals surface area (Å²) in [6, 6.07) is 30.4. The van der Waals surface area contributed by atoms with Gasteiger partial charge in [-0.3, -0.25) is 9.78 Å². The van der Waals surface area contributed by atoms with Gasteiger partial charge in [0.15, 0.2) is 0 Å². The van der Waals surface area contributed by atoms with E-state index in [2.05, 4.69) is 29.2 Å². The van der Waals surface area contributed by atoms with Crippen LogP contribution >= 0.6 is 11.8 Å². The normalized spacial score (nSPS) is 10.8. The Labute approximate surface area is 175 Å². The highest BCUT2D eigenvalue weighted by atomic mass is 32.2. The summed E-state index contributed by atoms with van der Waals surface area (Å²) in [6.45, 7) is 1.20. The van der Waals surface area contributed by atoms with E-state index in [0.717, 1.165) is 26.9 Å². The van der Waals surface area contributed by atoms with Crippen LogP contribution in [0.2, 0.25) is 0 Å². The zero-order valence-electron chi connectivity index (χ0n) is 16.1. The molecule has 1 amide bonds. The quantitative estimate of drug-likeness (QED) is 0.382. The SMILES string of the molecule is O=C(CSc1cccc2cccnc12)N(Cc1ccccc1)Cc1ccccc1. The molecule has 3 nitrogen and oxygen atoms in total. The van der Waals surface area contributed by atoms with E-state index in [9.17, 15) is 4.79 Å². The molecule has 3 aromatic carbocycles. The summed E-state index contributed by atoms with van der Waals surface area (Å²) in [5.74, 6) is 0.505. The highest BCUT2D eigenvalue weighted by molar-refractivity contribution is 8.00. The number of fused-ring (bicyclic) bond motifs is 1. The van der Waals surface area contributed by atoms with Crippen LogP contribution in [0.15, 0.2) is 102 Å². The lowest BCUT2D eigenvalue weighted by Crippen LogP contribution is -2.31. The second-order valence-corrected chi connectivity index (χ2v) is 7.86. The number of nitrogens with zero attached hydrogens (tertiary/aromatic N) is 2. The van der Waals surface area contributed by atoms with Gasteiger partial charge in [-0.05, 0) is 23.3 Å². The molecule has 1 heterocycles. The Bertz CT molecular complexity index is 1040. The maximum absolute atomic E-state index is 13.1. The van der Waals surface area contributed by atoms with Crippen LogP contribution < -0.4 is 0 Å². The van der Waals surface area contributed by atoms with Crippen LogP contribution in [-0.4, -0.2) is 21.5 Å². The van der Waals surface area contributed by atoms with E-state index in [0.29, 0.717) is 18.8 Å². The summed E-state index contributed by atoms with van der Waals surface area (Å²) in [7, 11) is 0. The number of carbonyl (C=O) groups is 1. The molecule has 0 fully saturated rings. The second-order valence-electron chi connectivity index (χ2n) is 6.84. The van der Waals surface area contributed by atoms with Crippen molar-refractivity contribution < 1.29 is 4.79 Å². The fraction of sp³-hybridized carbons (Fsp3) is 0.120. The van der Waals surface area contributed by atoms with E-state index >= 15 is 0 Å². The summed E-state index contributed by atoms with van der Waals surface area (Å²) in [4.78, 5) is 20.6. The van der Waals surface area contributed by atoms with Crippen molar-refractivity contribution in [2.75, 3.05) is 5.75 Å². The molecule has 0 aliphatic carbocycles. The monoisotopic (exact) mass is 398 g/mol. The summed E-state index contributed by atoms with van der Waals surface area (Å²) in [5.41, 5.74) is 3.22. The molecule has 0 bridgehead atoms. The van der Waals surface area contributed by atoms with Gasteiger partial charge in [0.05, 0.1) is 11.3 Å². The highest BCUT2D eigenvalue weighted by Gasteiger charge is 2.16. The first kappa shape index (κ1) is 19.2. The molecule has 144 valence electrons. The highest BCUT2D eigenvalue weighted by Crippen LogP contribution is 2.26. The van der Waals surface area contributed by atoms with Gasteiger partial charge in [-0.2, -0.15) is 0 Å². The second kappa shape index (κ2) is 9.39. The van der Waals surface area contributed by atoms with Crippen LogP contribution in [0.25, 0.3) is 10.9 Å². The Morgan fingerprint density at radius 1 is 0.759 bits per heavy atom. The Kier molecular flexibility index (Phi) is 6.22. The van der Waals surface area contributed by atoms with E-state index < -0.39 is 0 Å². The van der Waals surface area contributed by atoms with Gasteiger partial charge in [0.2, 0.25) is 5.91 Å². The van der Waals surface area contributed by atoms with Gasteiger partial charge >= 0.3 is 0 Å². The van der Waals surface area contributed by atoms with Gasteiger partial charge in [-0.15, -0.1) is 11.8 Å². The fourth-order valence-electron chi connectivity index (χ4n) is 3.26. The third-order valence-corrected chi connectivity index (χ3v) is 5.76. The Balaban J connectivity index is 1.51. The maximum Gasteiger partial charge on any atom is 0.233 e. The molecule has 0 unspecified atom stereocenters. The molecule has 0 aliphatic rings. The number of hydrogen-bond acceptors (Lipinski definition) is 3. The van der Waals surface area contributed by atoms with Crippen LogP contribution in [0.1, 0.15) is 11.1 Å². The number of aromatic nitrogens is 1. The van der Waals surface area contributed by atoms with Crippen molar-refractivity contribution in [1.82, 2.24) is 9.88 Å². The van der Waals surface area contributed by atoms with Crippen molar-refractivity contribution in [1.29, 1.82) is 0 Å². The van der Waals surface area contributed by atoms with Crippen molar-refractivity contribution >= 4 is 28.6 Å². The van der Waals surface area contributed by atoms with Crippen LogP contribution in [-0.2, 0) is 17.9 Å². The van der Waals surface area contributed by atoms with Crippen molar-refractivity contribution in [3.8, 4) is 0 Å². The third kappa shape index (κ3) is 5.04. The van der Waals surface area contributed by atoms with Crippen molar-refractivity contribution in [2.24, 2.45) is 0 Å². The molecule has 0 aliphatic heterocycles. The molecular formula is C25H22N2OS. The first-order valence-electron chi connectivity index (χ1n) is 9.62. The van der Waals surface area contributed by atoms with Crippen molar-refractivity contribution in [3.05, 3.63) is 108 Å². The Morgan fingerprint density at radius 3 is 2.03 bits per heavy atom. The molecule has 29 heavy (non-hydrogen) atoms. The number of rotatable bonds is 7. The molecular weight excluding hydrogens is 376 g/mol. The molecule has 4 aromatic rings. The van der Waals surface area contributed by atoms with Gasteiger partial charge in [0.25, 0.3) is 0 Å². The van der Waals surface area contributed by atoms with Crippen molar-refractivity contribution in [2.45, 2.75) is 18.0 Å². The maximum atomic E-state index is 13.1.